The summed E-state index contributed by atoms with van der Waals surface area (Å²) in [5.41, 5.74) is 10.6. The van der Waals surface area contributed by atoms with Crippen molar-refractivity contribution in [1.29, 1.82) is 0 Å². The SMILES string of the molecule is CSCCC(NC(=O)C(C)NC(=O)CN)C(=O)NC(CCCCN)C(=O)O. The first kappa shape index (κ1) is 25.1. The fourth-order valence-electron chi connectivity index (χ4n) is 2.19. The summed E-state index contributed by atoms with van der Waals surface area (Å²) in [5, 5.41) is 16.7. The van der Waals surface area contributed by atoms with Crippen molar-refractivity contribution >= 4 is 35.5 Å². The Hall–Kier alpha value is -1.85. The van der Waals surface area contributed by atoms with E-state index in [-0.39, 0.29) is 13.0 Å². The molecule has 0 rings (SSSR count). The Morgan fingerprint density at radius 3 is 2.11 bits per heavy atom. The summed E-state index contributed by atoms with van der Waals surface area (Å²) < 4.78 is 0. The first-order valence-electron chi connectivity index (χ1n) is 8.78. The zero-order chi connectivity index (χ0) is 20.8. The van der Waals surface area contributed by atoms with Gasteiger partial charge in [0.15, 0.2) is 0 Å². The number of thioether (sulfide) groups is 1. The lowest BCUT2D eigenvalue weighted by molar-refractivity contribution is -0.142. The number of carbonyl (C=O) groups is 4. The summed E-state index contributed by atoms with van der Waals surface area (Å²) in [5.74, 6) is -2.16. The molecule has 0 spiro atoms. The van der Waals surface area contributed by atoms with Gasteiger partial charge in [0.25, 0.3) is 0 Å². The molecule has 0 fully saturated rings. The van der Waals surface area contributed by atoms with Crippen LogP contribution in [0.2, 0.25) is 0 Å². The Morgan fingerprint density at radius 2 is 1.59 bits per heavy atom. The van der Waals surface area contributed by atoms with E-state index in [4.69, 9.17) is 11.5 Å². The average Bonchev–Trinajstić information content (AvgIpc) is 2.63. The minimum absolute atomic E-state index is 0.253. The quantitative estimate of drug-likeness (QED) is 0.187. The van der Waals surface area contributed by atoms with Gasteiger partial charge in [-0.25, -0.2) is 4.79 Å². The monoisotopic (exact) mass is 405 g/mol. The fraction of sp³-hybridized carbons (Fsp3) is 0.750. The van der Waals surface area contributed by atoms with Crippen molar-refractivity contribution in [1.82, 2.24) is 16.0 Å². The van der Waals surface area contributed by atoms with Crippen molar-refractivity contribution in [2.45, 2.75) is 50.7 Å². The molecule has 0 heterocycles. The third-order valence-electron chi connectivity index (χ3n) is 3.76. The Kier molecular flexibility index (Phi) is 13.3. The minimum Gasteiger partial charge on any atom is -0.480 e. The molecule has 3 amide bonds. The fourth-order valence-corrected chi connectivity index (χ4v) is 2.66. The zero-order valence-electron chi connectivity index (χ0n) is 15.8. The first-order valence-corrected chi connectivity index (χ1v) is 10.2. The molecule has 8 N–H and O–H groups in total. The van der Waals surface area contributed by atoms with Crippen LogP contribution in [0.15, 0.2) is 0 Å². The van der Waals surface area contributed by atoms with Crippen LogP contribution < -0.4 is 27.4 Å². The summed E-state index contributed by atoms with van der Waals surface area (Å²) >= 11 is 1.49. The minimum atomic E-state index is -1.14. The summed E-state index contributed by atoms with van der Waals surface area (Å²) in [7, 11) is 0. The number of hydrogen-bond acceptors (Lipinski definition) is 7. The van der Waals surface area contributed by atoms with Crippen LogP contribution >= 0.6 is 11.8 Å². The summed E-state index contributed by atoms with van der Waals surface area (Å²) in [6, 6.07) is -2.82. The average molecular weight is 406 g/mol. The number of carbonyl (C=O) groups excluding carboxylic acids is 3. The van der Waals surface area contributed by atoms with Crippen LogP contribution in [0.25, 0.3) is 0 Å². The molecule has 0 aliphatic rings. The van der Waals surface area contributed by atoms with E-state index in [0.29, 0.717) is 31.6 Å². The van der Waals surface area contributed by atoms with Gasteiger partial charge in [-0.2, -0.15) is 11.8 Å². The van der Waals surface area contributed by atoms with E-state index >= 15 is 0 Å². The summed E-state index contributed by atoms with van der Waals surface area (Å²) in [4.78, 5) is 47.4. The molecule has 3 atom stereocenters. The second-order valence-electron chi connectivity index (χ2n) is 6.02. The Bertz CT molecular complexity index is 506. The standard InChI is InChI=1S/C16H31N5O5S/c1-10(19-13(22)9-18)14(23)20-11(6-8-27-2)15(24)21-12(16(25)26)5-3-4-7-17/h10-12H,3-9,17-18H2,1-2H3,(H,19,22)(H,20,23)(H,21,24)(H,25,26). The van der Waals surface area contributed by atoms with E-state index in [0.717, 1.165) is 0 Å². The molecule has 0 radical (unpaired) electrons. The molecule has 0 aromatic carbocycles. The highest BCUT2D eigenvalue weighted by Crippen LogP contribution is 2.05. The molecule has 0 aromatic rings. The van der Waals surface area contributed by atoms with Crippen molar-refractivity contribution < 1.29 is 24.3 Å². The molecule has 0 saturated heterocycles. The number of rotatable bonds is 14. The van der Waals surface area contributed by atoms with Crippen molar-refractivity contribution in [3.8, 4) is 0 Å². The largest absolute Gasteiger partial charge is 0.480 e. The van der Waals surface area contributed by atoms with E-state index in [1.54, 1.807) is 0 Å². The van der Waals surface area contributed by atoms with Gasteiger partial charge in [-0.05, 0) is 51.2 Å². The number of aliphatic carboxylic acids is 1. The normalized spacial score (nSPS) is 13.9. The molecule has 10 nitrogen and oxygen atoms in total. The van der Waals surface area contributed by atoms with Crippen molar-refractivity contribution in [3.05, 3.63) is 0 Å². The second kappa shape index (κ2) is 14.2. The Balaban J connectivity index is 4.92. The molecule has 0 aromatic heterocycles. The van der Waals surface area contributed by atoms with Crippen molar-refractivity contribution in [2.75, 3.05) is 25.1 Å². The van der Waals surface area contributed by atoms with Crippen LogP contribution in [0, 0.1) is 0 Å². The predicted molar refractivity (Wildman–Crippen MR) is 104 cm³/mol. The lowest BCUT2D eigenvalue weighted by Crippen LogP contribution is -2.55. The van der Waals surface area contributed by atoms with E-state index < -0.39 is 41.8 Å². The maximum absolute atomic E-state index is 12.5. The van der Waals surface area contributed by atoms with Gasteiger partial charge in [-0.1, -0.05) is 0 Å². The molecule has 27 heavy (non-hydrogen) atoms. The van der Waals surface area contributed by atoms with E-state index in [9.17, 15) is 24.3 Å². The third kappa shape index (κ3) is 10.8. The summed E-state index contributed by atoms with van der Waals surface area (Å²) in [6.07, 6.45) is 3.66. The van der Waals surface area contributed by atoms with Gasteiger partial charge in [0, 0.05) is 0 Å². The van der Waals surface area contributed by atoms with Gasteiger partial charge in [0.05, 0.1) is 6.54 Å². The maximum atomic E-state index is 12.5. The first-order chi connectivity index (χ1) is 12.8. The van der Waals surface area contributed by atoms with Crippen molar-refractivity contribution in [3.63, 3.8) is 0 Å². The van der Waals surface area contributed by atoms with Crippen LogP contribution in [-0.2, 0) is 19.2 Å². The van der Waals surface area contributed by atoms with Crippen LogP contribution in [0.4, 0.5) is 0 Å². The van der Waals surface area contributed by atoms with Crippen LogP contribution in [0.3, 0.4) is 0 Å². The Labute approximate surface area is 163 Å². The van der Waals surface area contributed by atoms with Crippen molar-refractivity contribution in [2.24, 2.45) is 11.5 Å². The number of amides is 3. The highest BCUT2D eigenvalue weighted by molar-refractivity contribution is 7.98. The third-order valence-corrected chi connectivity index (χ3v) is 4.41. The van der Waals surface area contributed by atoms with Gasteiger partial charge >= 0.3 is 5.97 Å². The highest BCUT2D eigenvalue weighted by Gasteiger charge is 2.27. The molecular weight excluding hydrogens is 374 g/mol. The zero-order valence-corrected chi connectivity index (χ0v) is 16.6. The topological polar surface area (TPSA) is 177 Å². The van der Waals surface area contributed by atoms with Crippen LogP contribution in [0.1, 0.15) is 32.6 Å². The van der Waals surface area contributed by atoms with Gasteiger partial charge < -0.3 is 32.5 Å². The van der Waals surface area contributed by atoms with Crippen LogP contribution in [-0.4, -0.2) is 72.0 Å². The molecule has 11 heteroatoms. The lowest BCUT2D eigenvalue weighted by Gasteiger charge is -2.23. The lowest BCUT2D eigenvalue weighted by atomic mass is 10.1. The number of hydrogen-bond donors (Lipinski definition) is 6. The van der Waals surface area contributed by atoms with E-state index in [1.807, 2.05) is 6.26 Å². The van der Waals surface area contributed by atoms with Crippen LogP contribution in [0.5, 0.6) is 0 Å². The van der Waals surface area contributed by atoms with E-state index in [2.05, 4.69) is 16.0 Å². The molecule has 3 unspecified atom stereocenters. The van der Waals surface area contributed by atoms with Gasteiger partial charge in [0.2, 0.25) is 17.7 Å². The van der Waals surface area contributed by atoms with E-state index in [1.165, 1.54) is 18.7 Å². The summed E-state index contributed by atoms with van der Waals surface area (Å²) in [6.45, 7) is 1.66. The Morgan fingerprint density at radius 1 is 0.963 bits per heavy atom. The maximum Gasteiger partial charge on any atom is 0.326 e. The van der Waals surface area contributed by atoms with Gasteiger partial charge in [-0.3, -0.25) is 14.4 Å². The van der Waals surface area contributed by atoms with Gasteiger partial charge in [0.1, 0.15) is 18.1 Å². The molecule has 156 valence electrons. The molecule has 0 bridgehead atoms. The number of nitrogens with one attached hydrogen (secondary N) is 3. The van der Waals surface area contributed by atoms with Gasteiger partial charge in [-0.15, -0.1) is 0 Å². The molecular formula is C16H31N5O5S. The number of unbranched alkanes of at least 4 members (excludes halogenated alkanes) is 1. The predicted octanol–water partition coefficient (Wildman–Crippen LogP) is -1.61. The smallest absolute Gasteiger partial charge is 0.326 e. The number of nitrogens with two attached hydrogens (primary N) is 2. The number of carboxylic acid groups (broad SMARTS) is 1. The second-order valence-corrected chi connectivity index (χ2v) is 7.01. The highest BCUT2D eigenvalue weighted by atomic mass is 32.2. The molecule has 0 aliphatic carbocycles. The molecule has 0 aliphatic heterocycles. The number of carboxylic acids is 1. The molecule has 0 saturated carbocycles.